The first kappa shape index (κ1) is 17.2. The highest BCUT2D eigenvalue weighted by molar-refractivity contribution is 7.09. The minimum absolute atomic E-state index is 0.413. The molecule has 1 spiro atoms. The van der Waals surface area contributed by atoms with Crippen molar-refractivity contribution in [1.82, 2.24) is 25.0 Å². The van der Waals surface area contributed by atoms with E-state index < -0.39 is 0 Å². The molecule has 3 heterocycles. The lowest BCUT2D eigenvalue weighted by atomic mass is 9.93. The molecule has 136 valence electrons. The van der Waals surface area contributed by atoms with E-state index in [4.69, 9.17) is 5.10 Å². The SMILES string of the molecule is Cc1nn(C(C)C)cc1CN(Cc1nccs1)C1CC12CCNCC2. The summed E-state index contributed by atoms with van der Waals surface area (Å²) in [5, 5.41) is 11.5. The summed E-state index contributed by atoms with van der Waals surface area (Å²) in [5.74, 6) is 0. The van der Waals surface area contributed by atoms with Crippen molar-refractivity contribution in [3.63, 3.8) is 0 Å². The van der Waals surface area contributed by atoms with E-state index in [1.54, 1.807) is 11.3 Å². The Morgan fingerprint density at radius 1 is 1.36 bits per heavy atom. The van der Waals surface area contributed by atoms with Crippen LogP contribution in [0.15, 0.2) is 17.8 Å². The van der Waals surface area contributed by atoms with E-state index in [0.717, 1.165) is 18.8 Å². The Morgan fingerprint density at radius 2 is 2.16 bits per heavy atom. The van der Waals surface area contributed by atoms with E-state index in [-0.39, 0.29) is 0 Å². The van der Waals surface area contributed by atoms with Gasteiger partial charge in [-0.3, -0.25) is 9.58 Å². The molecule has 1 aliphatic carbocycles. The summed E-state index contributed by atoms with van der Waals surface area (Å²) in [7, 11) is 0. The summed E-state index contributed by atoms with van der Waals surface area (Å²) in [5.41, 5.74) is 3.07. The molecule has 2 aromatic rings. The van der Waals surface area contributed by atoms with E-state index in [2.05, 4.69) is 52.2 Å². The Kier molecular flexibility index (Phi) is 4.69. The van der Waals surface area contributed by atoms with Gasteiger partial charge in [0.2, 0.25) is 0 Å². The molecule has 1 atom stereocenters. The van der Waals surface area contributed by atoms with Crippen LogP contribution in [0.25, 0.3) is 0 Å². The minimum Gasteiger partial charge on any atom is -0.317 e. The lowest BCUT2D eigenvalue weighted by Crippen LogP contribution is -2.35. The normalized spacial score (nSPS) is 22.2. The second-order valence-electron chi connectivity index (χ2n) is 7.98. The maximum absolute atomic E-state index is 4.71. The van der Waals surface area contributed by atoms with Gasteiger partial charge in [-0.25, -0.2) is 4.98 Å². The van der Waals surface area contributed by atoms with Gasteiger partial charge < -0.3 is 5.32 Å². The number of rotatable bonds is 6. The fraction of sp³-hybridized carbons (Fsp3) is 0.684. The first-order valence-corrected chi connectivity index (χ1v) is 10.3. The Balaban J connectivity index is 1.53. The lowest BCUT2D eigenvalue weighted by Gasteiger charge is -2.29. The maximum atomic E-state index is 4.71. The van der Waals surface area contributed by atoms with Crippen LogP contribution in [0.5, 0.6) is 0 Å². The van der Waals surface area contributed by atoms with Gasteiger partial charge in [0.25, 0.3) is 0 Å². The van der Waals surface area contributed by atoms with E-state index >= 15 is 0 Å². The smallest absolute Gasteiger partial charge is 0.107 e. The zero-order chi connectivity index (χ0) is 17.4. The predicted octanol–water partition coefficient (Wildman–Crippen LogP) is 3.37. The van der Waals surface area contributed by atoms with Crippen molar-refractivity contribution < 1.29 is 0 Å². The predicted molar refractivity (Wildman–Crippen MR) is 102 cm³/mol. The molecule has 0 bridgehead atoms. The molecule has 1 saturated carbocycles. The van der Waals surface area contributed by atoms with Crippen molar-refractivity contribution in [2.45, 2.75) is 65.2 Å². The molecule has 1 unspecified atom stereocenters. The molecule has 1 N–H and O–H groups in total. The molecule has 6 heteroatoms. The third-order valence-corrected chi connectivity index (χ3v) is 6.69. The van der Waals surface area contributed by atoms with E-state index in [0.29, 0.717) is 17.5 Å². The molecule has 0 amide bonds. The molecule has 1 aliphatic heterocycles. The summed E-state index contributed by atoms with van der Waals surface area (Å²) in [6.45, 7) is 10.8. The summed E-state index contributed by atoms with van der Waals surface area (Å²) in [6.07, 6.45) is 8.14. The van der Waals surface area contributed by atoms with Crippen LogP contribution in [0.3, 0.4) is 0 Å². The van der Waals surface area contributed by atoms with Crippen LogP contribution in [0.2, 0.25) is 0 Å². The summed E-state index contributed by atoms with van der Waals surface area (Å²) in [4.78, 5) is 7.21. The number of aromatic nitrogens is 3. The largest absolute Gasteiger partial charge is 0.317 e. The van der Waals surface area contributed by atoms with Crippen LogP contribution in [0.1, 0.15) is 55.4 Å². The van der Waals surface area contributed by atoms with E-state index in [1.165, 1.54) is 42.9 Å². The van der Waals surface area contributed by atoms with E-state index in [9.17, 15) is 0 Å². The third-order valence-electron chi connectivity index (χ3n) is 5.93. The minimum atomic E-state index is 0.413. The van der Waals surface area contributed by atoms with Crippen LogP contribution in [0, 0.1) is 12.3 Å². The number of thiazole rings is 1. The molecule has 0 radical (unpaired) electrons. The van der Waals surface area contributed by atoms with Gasteiger partial charge in [0.15, 0.2) is 0 Å². The second-order valence-corrected chi connectivity index (χ2v) is 8.96. The fourth-order valence-electron chi connectivity index (χ4n) is 4.24. The summed E-state index contributed by atoms with van der Waals surface area (Å²) in [6, 6.07) is 1.11. The van der Waals surface area contributed by atoms with Gasteiger partial charge in [-0.1, -0.05) is 0 Å². The lowest BCUT2D eigenvalue weighted by molar-refractivity contribution is 0.187. The van der Waals surface area contributed by atoms with Gasteiger partial charge in [-0.15, -0.1) is 11.3 Å². The molecule has 4 rings (SSSR count). The average molecular weight is 360 g/mol. The quantitative estimate of drug-likeness (QED) is 0.859. The molecule has 25 heavy (non-hydrogen) atoms. The Bertz CT molecular complexity index is 699. The van der Waals surface area contributed by atoms with Gasteiger partial charge in [0.05, 0.1) is 12.2 Å². The monoisotopic (exact) mass is 359 g/mol. The number of piperidine rings is 1. The molecule has 2 fully saturated rings. The molecule has 2 aliphatic rings. The Hall–Kier alpha value is -1.24. The van der Waals surface area contributed by atoms with Crippen molar-refractivity contribution in [1.29, 1.82) is 0 Å². The van der Waals surface area contributed by atoms with Crippen LogP contribution in [-0.2, 0) is 13.1 Å². The topological polar surface area (TPSA) is 46.0 Å². The van der Waals surface area contributed by atoms with Crippen molar-refractivity contribution in [3.05, 3.63) is 34.0 Å². The highest BCUT2D eigenvalue weighted by Crippen LogP contribution is 2.56. The van der Waals surface area contributed by atoms with Crippen LogP contribution in [0.4, 0.5) is 0 Å². The van der Waals surface area contributed by atoms with Gasteiger partial charge in [-0.05, 0) is 58.5 Å². The fourth-order valence-corrected chi connectivity index (χ4v) is 4.88. The molecule has 5 nitrogen and oxygen atoms in total. The van der Waals surface area contributed by atoms with Crippen molar-refractivity contribution in [2.24, 2.45) is 5.41 Å². The highest BCUT2D eigenvalue weighted by Gasteiger charge is 2.56. The van der Waals surface area contributed by atoms with Crippen molar-refractivity contribution in [3.8, 4) is 0 Å². The number of nitrogens with one attached hydrogen (secondary N) is 1. The number of aryl methyl sites for hydroxylation is 1. The number of nitrogens with zero attached hydrogens (tertiary/aromatic N) is 4. The zero-order valence-electron chi connectivity index (χ0n) is 15.5. The molecule has 1 saturated heterocycles. The Labute approximate surface area is 154 Å². The molecule has 2 aromatic heterocycles. The molecular weight excluding hydrogens is 330 g/mol. The standard InChI is InChI=1S/C19H29N5S/c1-14(2)24-12-16(15(3)22-24)11-23(13-18-21-8-9-25-18)17-10-19(17)4-6-20-7-5-19/h8-9,12,14,17,20H,4-7,10-11,13H2,1-3H3. The van der Waals surface area contributed by atoms with Crippen molar-refractivity contribution >= 4 is 11.3 Å². The van der Waals surface area contributed by atoms with Gasteiger partial charge >= 0.3 is 0 Å². The van der Waals surface area contributed by atoms with Crippen LogP contribution >= 0.6 is 11.3 Å². The van der Waals surface area contributed by atoms with Gasteiger partial charge in [-0.2, -0.15) is 5.10 Å². The van der Waals surface area contributed by atoms with Crippen LogP contribution in [-0.4, -0.2) is 38.8 Å². The van der Waals surface area contributed by atoms with Crippen molar-refractivity contribution in [2.75, 3.05) is 13.1 Å². The first-order valence-electron chi connectivity index (χ1n) is 9.45. The average Bonchev–Trinajstić information content (AvgIpc) is 2.95. The number of hydrogen-bond acceptors (Lipinski definition) is 5. The number of hydrogen-bond donors (Lipinski definition) is 1. The zero-order valence-corrected chi connectivity index (χ0v) is 16.4. The highest BCUT2D eigenvalue weighted by atomic mass is 32.1. The van der Waals surface area contributed by atoms with Gasteiger partial charge in [0.1, 0.15) is 5.01 Å². The van der Waals surface area contributed by atoms with E-state index in [1.807, 2.05) is 6.20 Å². The second kappa shape index (κ2) is 6.82. The van der Waals surface area contributed by atoms with Crippen LogP contribution < -0.4 is 5.32 Å². The summed E-state index contributed by atoms with van der Waals surface area (Å²) < 4.78 is 2.10. The molecule has 0 aromatic carbocycles. The maximum Gasteiger partial charge on any atom is 0.107 e. The first-order chi connectivity index (χ1) is 12.1. The third kappa shape index (κ3) is 3.52. The van der Waals surface area contributed by atoms with Gasteiger partial charge in [0, 0.05) is 42.0 Å². The molecular formula is C19H29N5S. The Morgan fingerprint density at radius 3 is 2.80 bits per heavy atom. The summed E-state index contributed by atoms with van der Waals surface area (Å²) >= 11 is 1.77.